The average Bonchev–Trinajstić information content (AvgIpc) is 3.11. The molecule has 28 heavy (non-hydrogen) atoms. The molecule has 0 unspecified atom stereocenters. The maximum Gasteiger partial charge on any atom is 0.451 e. The number of aromatic nitrogens is 4. The van der Waals surface area contributed by atoms with Crippen LogP contribution in [0.2, 0.25) is 0 Å². The summed E-state index contributed by atoms with van der Waals surface area (Å²) in [4.78, 5) is 29.8. The molecule has 2 aromatic heterocycles. The van der Waals surface area contributed by atoms with Gasteiger partial charge in [0.2, 0.25) is 11.3 Å². The number of alkyl halides is 3. The van der Waals surface area contributed by atoms with Gasteiger partial charge in [-0.15, -0.1) is 10.2 Å². The van der Waals surface area contributed by atoms with Crippen LogP contribution in [0, 0.1) is 0 Å². The second kappa shape index (κ2) is 6.36. The number of carbonyl (C=O) groups excluding carboxylic acids is 1. The van der Waals surface area contributed by atoms with Gasteiger partial charge >= 0.3 is 6.18 Å². The Kier molecular flexibility index (Phi) is 4.09. The van der Waals surface area contributed by atoms with E-state index >= 15 is 0 Å². The van der Waals surface area contributed by atoms with Gasteiger partial charge in [0.25, 0.3) is 5.91 Å². The van der Waals surface area contributed by atoms with Gasteiger partial charge in [-0.25, -0.2) is 0 Å². The number of nitrogens with zero attached hydrogens (tertiary/aromatic N) is 4. The van der Waals surface area contributed by atoms with Gasteiger partial charge < -0.3 is 19.2 Å². The Balaban J connectivity index is 1.66. The monoisotopic (exact) mass is 393 g/mol. The summed E-state index contributed by atoms with van der Waals surface area (Å²) in [6.07, 6.45) is -3.31. The highest BCUT2D eigenvalue weighted by Gasteiger charge is 2.40. The van der Waals surface area contributed by atoms with Crippen molar-refractivity contribution in [3.05, 3.63) is 51.8 Å². The molecule has 0 bridgehead atoms. The van der Waals surface area contributed by atoms with Crippen molar-refractivity contribution in [2.75, 3.05) is 13.7 Å². The van der Waals surface area contributed by atoms with Crippen molar-refractivity contribution in [1.29, 1.82) is 0 Å². The van der Waals surface area contributed by atoms with Crippen LogP contribution < -0.4 is 10.2 Å². The molecule has 0 spiro atoms. The fourth-order valence-electron chi connectivity index (χ4n) is 3.19. The lowest BCUT2D eigenvalue weighted by Crippen LogP contribution is -2.41. The van der Waals surface area contributed by atoms with Crippen molar-refractivity contribution >= 4 is 16.8 Å². The van der Waals surface area contributed by atoms with E-state index in [0.717, 1.165) is 4.57 Å². The van der Waals surface area contributed by atoms with Gasteiger partial charge in [-0.3, -0.25) is 9.59 Å². The largest absolute Gasteiger partial charge is 0.497 e. The van der Waals surface area contributed by atoms with E-state index in [-0.39, 0.29) is 36.4 Å². The molecule has 0 atom stereocenters. The molecule has 3 aromatic rings. The number of rotatable bonds is 2. The van der Waals surface area contributed by atoms with E-state index in [1.54, 1.807) is 12.1 Å². The molecule has 146 valence electrons. The lowest BCUT2D eigenvalue weighted by atomic mass is 10.1. The Labute approximate surface area is 155 Å². The summed E-state index contributed by atoms with van der Waals surface area (Å²) in [5.74, 6) is -1.20. The highest BCUT2D eigenvalue weighted by atomic mass is 19.4. The van der Waals surface area contributed by atoms with Crippen molar-refractivity contribution in [3.8, 4) is 5.75 Å². The van der Waals surface area contributed by atoms with Gasteiger partial charge in [0.1, 0.15) is 11.3 Å². The smallest absolute Gasteiger partial charge is 0.451 e. The number of hydrogen-bond acceptors (Lipinski definition) is 5. The van der Waals surface area contributed by atoms with Crippen LogP contribution in [0.3, 0.4) is 0 Å². The number of nitrogens with one attached hydrogen (secondary N) is 1. The summed E-state index contributed by atoms with van der Waals surface area (Å²) >= 11 is 0. The molecule has 0 radical (unpaired) electrons. The quantitative estimate of drug-likeness (QED) is 0.717. The topological polar surface area (TPSA) is 93.1 Å². The molecule has 1 aromatic carbocycles. The number of methoxy groups -OCH3 is 1. The minimum Gasteiger partial charge on any atom is -0.497 e. The van der Waals surface area contributed by atoms with Gasteiger partial charge in [0, 0.05) is 30.2 Å². The highest BCUT2D eigenvalue weighted by molar-refractivity contribution is 5.97. The van der Waals surface area contributed by atoms with Crippen LogP contribution >= 0.6 is 0 Å². The van der Waals surface area contributed by atoms with Crippen molar-refractivity contribution in [1.82, 2.24) is 24.6 Å². The predicted octanol–water partition coefficient (Wildman–Crippen LogP) is 1.80. The van der Waals surface area contributed by atoms with Crippen LogP contribution in [0.5, 0.6) is 5.75 Å². The first-order valence-electron chi connectivity index (χ1n) is 8.27. The fourth-order valence-corrected chi connectivity index (χ4v) is 3.19. The Morgan fingerprint density at radius 2 is 2.04 bits per heavy atom. The first-order chi connectivity index (χ1) is 13.3. The Morgan fingerprint density at radius 3 is 2.75 bits per heavy atom. The SMILES string of the molecule is COc1ccc2[nH]cc(C(=O)N3CCn4c(nnc4C(F)(F)F)C3)c(=O)c2c1. The van der Waals surface area contributed by atoms with Crippen LogP contribution in [0.1, 0.15) is 22.0 Å². The molecule has 11 heteroatoms. The zero-order valence-electron chi connectivity index (χ0n) is 14.6. The van der Waals surface area contributed by atoms with E-state index in [4.69, 9.17) is 4.74 Å². The number of benzene rings is 1. The minimum atomic E-state index is -4.62. The van der Waals surface area contributed by atoms with Gasteiger partial charge in [-0.2, -0.15) is 13.2 Å². The second-order valence-electron chi connectivity index (χ2n) is 6.26. The zero-order chi connectivity index (χ0) is 20.1. The molecule has 1 aliphatic rings. The van der Waals surface area contributed by atoms with Gasteiger partial charge in [-0.05, 0) is 18.2 Å². The van der Waals surface area contributed by atoms with Crippen LogP contribution in [-0.2, 0) is 19.3 Å². The molecule has 4 rings (SSSR count). The second-order valence-corrected chi connectivity index (χ2v) is 6.26. The number of hydrogen-bond donors (Lipinski definition) is 1. The lowest BCUT2D eigenvalue weighted by molar-refractivity contribution is -0.147. The number of fused-ring (bicyclic) bond motifs is 2. The number of pyridine rings is 1. The molecule has 0 aliphatic carbocycles. The Morgan fingerprint density at radius 1 is 1.25 bits per heavy atom. The number of carbonyl (C=O) groups is 1. The number of aromatic amines is 1. The van der Waals surface area contributed by atoms with E-state index in [1.807, 2.05) is 0 Å². The summed E-state index contributed by atoms with van der Waals surface area (Å²) in [5, 5.41) is 7.00. The summed E-state index contributed by atoms with van der Waals surface area (Å²) in [6, 6.07) is 4.86. The number of halogens is 3. The fraction of sp³-hybridized carbons (Fsp3) is 0.294. The number of ether oxygens (including phenoxy) is 1. The van der Waals surface area contributed by atoms with E-state index < -0.39 is 23.3 Å². The summed E-state index contributed by atoms with van der Waals surface area (Å²) in [7, 11) is 1.46. The molecule has 1 N–H and O–H groups in total. The first kappa shape index (κ1) is 18.0. The standard InChI is InChI=1S/C17H14F3N5O3/c1-28-9-2-3-12-10(6-9)14(26)11(7-21-12)15(27)24-4-5-25-13(8-24)22-23-16(25)17(18,19)20/h2-3,6-7H,4-5,8H2,1H3,(H,21,26). The Bertz CT molecular complexity index is 1140. The van der Waals surface area contributed by atoms with Crippen LogP contribution in [0.15, 0.2) is 29.2 Å². The van der Waals surface area contributed by atoms with Gasteiger partial charge in [0.05, 0.1) is 13.7 Å². The lowest BCUT2D eigenvalue weighted by Gasteiger charge is -2.28. The molecule has 0 saturated carbocycles. The molecular weight excluding hydrogens is 379 g/mol. The molecule has 0 saturated heterocycles. The maximum absolute atomic E-state index is 12.9. The van der Waals surface area contributed by atoms with E-state index in [2.05, 4.69) is 15.2 Å². The van der Waals surface area contributed by atoms with Crippen molar-refractivity contribution in [2.24, 2.45) is 0 Å². The van der Waals surface area contributed by atoms with Gasteiger partial charge in [-0.1, -0.05) is 0 Å². The van der Waals surface area contributed by atoms with Gasteiger partial charge in [0.15, 0.2) is 5.82 Å². The van der Waals surface area contributed by atoms with Crippen LogP contribution in [0.25, 0.3) is 10.9 Å². The third-order valence-electron chi connectivity index (χ3n) is 4.61. The summed E-state index contributed by atoms with van der Waals surface area (Å²) < 4.78 is 44.8. The highest BCUT2D eigenvalue weighted by Crippen LogP contribution is 2.29. The van der Waals surface area contributed by atoms with E-state index in [9.17, 15) is 22.8 Å². The van der Waals surface area contributed by atoms with Crippen molar-refractivity contribution < 1.29 is 22.7 Å². The first-order valence-corrected chi connectivity index (χ1v) is 8.27. The average molecular weight is 393 g/mol. The third-order valence-corrected chi connectivity index (χ3v) is 4.61. The molecule has 3 heterocycles. The zero-order valence-corrected chi connectivity index (χ0v) is 14.6. The predicted molar refractivity (Wildman–Crippen MR) is 90.9 cm³/mol. The van der Waals surface area contributed by atoms with Crippen LogP contribution in [-0.4, -0.2) is 44.2 Å². The summed E-state index contributed by atoms with van der Waals surface area (Å²) in [5.41, 5.74) is -0.0546. The number of H-pyrrole nitrogens is 1. The van der Waals surface area contributed by atoms with Crippen molar-refractivity contribution in [3.63, 3.8) is 0 Å². The molecule has 1 aliphatic heterocycles. The molecule has 1 amide bonds. The normalized spacial score (nSPS) is 14.2. The molecule has 0 fully saturated rings. The van der Waals surface area contributed by atoms with E-state index in [0.29, 0.717) is 11.3 Å². The molecular formula is C17H14F3N5O3. The van der Waals surface area contributed by atoms with E-state index in [1.165, 1.54) is 24.3 Å². The third kappa shape index (κ3) is 2.88. The maximum atomic E-state index is 12.9. The van der Waals surface area contributed by atoms with Crippen LogP contribution in [0.4, 0.5) is 13.2 Å². The number of amides is 1. The Hall–Kier alpha value is -3.37. The molecule has 8 nitrogen and oxygen atoms in total. The summed E-state index contributed by atoms with van der Waals surface area (Å²) in [6.45, 7) is -0.276. The van der Waals surface area contributed by atoms with Crippen molar-refractivity contribution in [2.45, 2.75) is 19.3 Å². The minimum absolute atomic E-state index is 0.00252.